The van der Waals surface area contributed by atoms with Crippen LogP contribution in [0.5, 0.6) is 5.75 Å². The highest BCUT2D eigenvalue weighted by Crippen LogP contribution is 2.30. The zero-order valence-electron chi connectivity index (χ0n) is 14.2. The largest absolute Gasteiger partial charge is 0.422 e. The van der Waals surface area contributed by atoms with Gasteiger partial charge in [-0.05, 0) is 35.8 Å². The van der Waals surface area contributed by atoms with Crippen molar-refractivity contribution in [1.82, 2.24) is 20.2 Å². The molecule has 7 heteroatoms. The molecule has 1 aromatic carbocycles. The summed E-state index contributed by atoms with van der Waals surface area (Å²) in [4.78, 5) is 25.0. The van der Waals surface area contributed by atoms with E-state index >= 15 is 0 Å². The molecule has 0 aliphatic rings. The second-order valence-electron chi connectivity index (χ2n) is 5.87. The Balaban J connectivity index is 2.19. The van der Waals surface area contributed by atoms with Gasteiger partial charge >= 0.3 is 5.97 Å². The van der Waals surface area contributed by atoms with Crippen LogP contribution in [-0.4, -0.2) is 32.0 Å². The first-order valence-electron chi connectivity index (χ1n) is 7.63. The summed E-state index contributed by atoms with van der Waals surface area (Å²) in [6.07, 6.45) is 2.79. The first-order valence-corrected chi connectivity index (χ1v) is 7.63. The van der Waals surface area contributed by atoms with Crippen molar-refractivity contribution in [2.24, 2.45) is 13.0 Å². The molecule has 2 aromatic rings. The first-order chi connectivity index (χ1) is 11.4. The summed E-state index contributed by atoms with van der Waals surface area (Å²) >= 11 is 0. The third-order valence-corrected chi connectivity index (χ3v) is 3.18. The molecule has 0 saturated heterocycles. The topological polar surface area (TPSA) is 87.0 Å². The van der Waals surface area contributed by atoms with Crippen molar-refractivity contribution in [2.75, 3.05) is 0 Å². The van der Waals surface area contributed by atoms with Crippen molar-refractivity contribution in [3.05, 3.63) is 35.9 Å². The van der Waals surface area contributed by atoms with Crippen molar-refractivity contribution >= 4 is 11.8 Å². The number of allylic oxidation sites excluding steroid dienone is 1. The molecule has 0 unspecified atom stereocenters. The van der Waals surface area contributed by atoms with Crippen LogP contribution in [-0.2, 0) is 16.6 Å². The van der Waals surface area contributed by atoms with E-state index in [4.69, 9.17) is 4.74 Å². The molecule has 0 aliphatic carbocycles. The Morgan fingerprint density at radius 3 is 2.67 bits per heavy atom. The quantitative estimate of drug-likeness (QED) is 0.459. The van der Waals surface area contributed by atoms with Crippen LogP contribution in [0, 0.1) is 12.8 Å². The first kappa shape index (κ1) is 17.5. The van der Waals surface area contributed by atoms with E-state index in [0.29, 0.717) is 23.6 Å². The summed E-state index contributed by atoms with van der Waals surface area (Å²) in [6, 6.07) is 5.39. The number of ketones is 1. The van der Waals surface area contributed by atoms with E-state index in [1.54, 1.807) is 13.1 Å². The fraction of sp³-hybridized carbons (Fsp3) is 0.353. The Morgan fingerprint density at radius 2 is 2.04 bits per heavy atom. The van der Waals surface area contributed by atoms with E-state index in [9.17, 15) is 9.59 Å². The SMILES string of the molecule is Cc1cccc(-c2nnn(C)n2)c1OC(=O)C=CC(=O)CC(C)C. The number of tetrazole rings is 1. The maximum atomic E-state index is 12.0. The van der Waals surface area contributed by atoms with Crippen molar-refractivity contribution in [2.45, 2.75) is 27.2 Å². The number of para-hydroxylation sites is 1. The Labute approximate surface area is 140 Å². The third-order valence-electron chi connectivity index (χ3n) is 3.18. The summed E-state index contributed by atoms with van der Waals surface area (Å²) in [5.41, 5.74) is 1.33. The molecule has 0 fully saturated rings. The number of rotatable bonds is 6. The molecule has 0 aliphatic heterocycles. The van der Waals surface area contributed by atoms with Gasteiger partial charge in [-0.15, -0.1) is 10.2 Å². The smallest absolute Gasteiger partial charge is 0.336 e. The lowest BCUT2D eigenvalue weighted by atomic mass is 10.1. The maximum Gasteiger partial charge on any atom is 0.336 e. The Hall–Kier alpha value is -2.83. The van der Waals surface area contributed by atoms with Crippen LogP contribution >= 0.6 is 0 Å². The molecule has 0 radical (unpaired) electrons. The van der Waals surface area contributed by atoms with Gasteiger partial charge in [0.05, 0.1) is 12.6 Å². The molecule has 1 heterocycles. The molecule has 0 N–H and O–H groups in total. The maximum absolute atomic E-state index is 12.0. The van der Waals surface area contributed by atoms with Crippen molar-refractivity contribution < 1.29 is 14.3 Å². The van der Waals surface area contributed by atoms with E-state index < -0.39 is 5.97 Å². The lowest BCUT2D eigenvalue weighted by Gasteiger charge is -2.09. The van der Waals surface area contributed by atoms with E-state index in [1.807, 2.05) is 32.9 Å². The molecule has 0 bridgehead atoms. The number of carbonyl (C=O) groups is 2. The number of hydrogen-bond acceptors (Lipinski definition) is 6. The Kier molecular flexibility index (Phi) is 5.57. The van der Waals surface area contributed by atoms with Gasteiger partial charge in [-0.3, -0.25) is 4.79 Å². The standard InChI is InChI=1S/C17H20N4O3/c1-11(2)10-13(22)8-9-15(23)24-16-12(3)6-5-7-14(16)17-18-20-21(4)19-17/h5-9,11H,10H2,1-4H3. The van der Waals surface area contributed by atoms with Crippen LogP contribution in [0.25, 0.3) is 11.4 Å². The van der Waals surface area contributed by atoms with E-state index in [2.05, 4.69) is 15.4 Å². The highest BCUT2D eigenvalue weighted by atomic mass is 16.5. The van der Waals surface area contributed by atoms with Gasteiger partial charge in [0.1, 0.15) is 5.75 Å². The summed E-state index contributed by atoms with van der Waals surface area (Å²) in [7, 11) is 1.65. The fourth-order valence-corrected chi connectivity index (χ4v) is 2.12. The van der Waals surface area contributed by atoms with Crippen LogP contribution in [0.4, 0.5) is 0 Å². The summed E-state index contributed by atoms with van der Waals surface area (Å²) < 4.78 is 5.40. The van der Waals surface area contributed by atoms with Gasteiger partial charge in [-0.1, -0.05) is 26.0 Å². The molecule has 24 heavy (non-hydrogen) atoms. The molecule has 0 amide bonds. The average Bonchev–Trinajstić information content (AvgIpc) is 2.93. The molecule has 0 spiro atoms. The zero-order chi connectivity index (χ0) is 17.7. The van der Waals surface area contributed by atoms with Gasteiger partial charge in [-0.25, -0.2) is 4.79 Å². The summed E-state index contributed by atoms with van der Waals surface area (Å²) in [5, 5.41) is 11.9. The minimum atomic E-state index is -0.619. The summed E-state index contributed by atoms with van der Waals surface area (Å²) in [5.74, 6) is 0.235. The van der Waals surface area contributed by atoms with Gasteiger partial charge in [0, 0.05) is 12.5 Å². The van der Waals surface area contributed by atoms with E-state index in [-0.39, 0.29) is 11.7 Å². The Bertz CT molecular complexity index is 778. The number of nitrogens with zero attached hydrogens (tertiary/aromatic N) is 4. The van der Waals surface area contributed by atoms with E-state index in [0.717, 1.165) is 11.6 Å². The van der Waals surface area contributed by atoms with Crippen LogP contribution in [0.15, 0.2) is 30.4 Å². The minimum Gasteiger partial charge on any atom is -0.422 e. The van der Waals surface area contributed by atoms with Gasteiger partial charge < -0.3 is 4.74 Å². The van der Waals surface area contributed by atoms with Crippen molar-refractivity contribution in [3.8, 4) is 17.1 Å². The molecular formula is C17H20N4O3. The minimum absolute atomic E-state index is 0.109. The van der Waals surface area contributed by atoms with Gasteiger partial charge in [0.2, 0.25) is 5.82 Å². The molecular weight excluding hydrogens is 308 g/mol. The second kappa shape index (κ2) is 7.63. The predicted octanol–water partition coefficient (Wildman–Crippen LogP) is 2.26. The lowest BCUT2D eigenvalue weighted by molar-refractivity contribution is -0.129. The number of benzene rings is 1. The molecule has 2 rings (SSSR count). The third kappa shape index (κ3) is 4.58. The lowest BCUT2D eigenvalue weighted by Crippen LogP contribution is -2.08. The molecule has 0 atom stereocenters. The molecule has 0 saturated carbocycles. The molecule has 1 aromatic heterocycles. The average molecular weight is 328 g/mol. The number of esters is 1. The number of aromatic nitrogens is 4. The highest BCUT2D eigenvalue weighted by molar-refractivity contribution is 5.96. The van der Waals surface area contributed by atoms with Crippen LogP contribution in [0.2, 0.25) is 0 Å². The zero-order valence-corrected chi connectivity index (χ0v) is 14.2. The van der Waals surface area contributed by atoms with E-state index in [1.165, 1.54) is 10.9 Å². The number of hydrogen-bond donors (Lipinski definition) is 0. The second-order valence-corrected chi connectivity index (χ2v) is 5.87. The summed E-state index contributed by atoms with van der Waals surface area (Å²) in [6.45, 7) is 5.70. The highest BCUT2D eigenvalue weighted by Gasteiger charge is 2.16. The predicted molar refractivity (Wildman–Crippen MR) is 88.2 cm³/mol. The molecule has 126 valence electrons. The monoisotopic (exact) mass is 328 g/mol. The molecule has 7 nitrogen and oxygen atoms in total. The fourth-order valence-electron chi connectivity index (χ4n) is 2.12. The van der Waals surface area contributed by atoms with Crippen molar-refractivity contribution in [1.29, 1.82) is 0 Å². The van der Waals surface area contributed by atoms with Crippen LogP contribution in [0.3, 0.4) is 0 Å². The van der Waals surface area contributed by atoms with Gasteiger partial charge in [0.25, 0.3) is 0 Å². The van der Waals surface area contributed by atoms with Gasteiger partial charge in [0.15, 0.2) is 5.78 Å². The van der Waals surface area contributed by atoms with Crippen molar-refractivity contribution in [3.63, 3.8) is 0 Å². The number of aryl methyl sites for hydroxylation is 2. The van der Waals surface area contributed by atoms with Crippen LogP contribution < -0.4 is 4.74 Å². The van der Waals surface area contributed by atoms with Gasteiger partial charge in [-0.2, -0.15) is 4.80 Å². The number of ether oxygens (including phenoxy) is 1. The normalized spacial score (nSPS) is 11.2. The number of carbonyl (C=O) groups excluding carboxylic acids is 2. The Morgan fingerprint density at radius 1 is 1.29 bits per heavy atom. The van der Waals surface area contributed by atoms with Crippen LogP contribution in [0.1, 0.15) is 25.8 Å².